The van der Waals surface area contributed by atoms with Gasteiger partial charge in [0.2, 0.25) is 6.79 Å². The van der Waals surface area contributed by atoms with E-state index in [9.17, 15) is 5.11 Å². The number of aliphatic hydroxyl groups is 1. The van der Waals surface area contributed by atoms with E-state index in [1.165, 1.54) is 0 Å². The molecule has 1 aliphatic rings. The molecule has 0 bridgehead atoms. The van der Waals surface area contributed by atoms with Crippen LogP contribution in [0.15, 0.2) is 18.2 Å². The van der Waals surface area contributed by atoms with Gasteiger partial charge in [0, 0.05) is 18.7 Å². The van der Waals surface area contributed by atoms with E-state index in [2.05, 4.69) is 19.2 Å². The SMILES string of the molecule is CC(C)CC(C)(O)CNCc1cccc2c1OCO2. The van der Waals surface area contributed by atoms with Crippen LogP contribution in [0.1, 0.15) is 32.8 Å². The maximum atomic E-state index is 10.2. The molecule has 1 aromatic rings. The van der Waals surface area contributed by atoms with Gasteiger partial charge in [-0.1, -0.05) is 26.0 Å². The van der Waals surface area contributed by atoms with Crippen molar-refractivity contribution in [2.24, 2.45) is 5.92 Å². The molecule has 4 nitrogen and oxygen atoms in total. The van der Waals surface area contributed by atoms with Crippen LogP contribution in [0.2, 0.25) is 0 Å². The minimum atomic E-state index is -0.677. The fourth-order valence-electron chi connectivity index (χ4n) is 2.55. The van der Waals surface area contributed by atoms with E-state index >= 15 is 0 Å². The third-order valence-corrected chi connectivity index (χ3v) is 3.15. The zero-order chi connectivity index (χ0) is 13.9. The van der Waals surface area contributed by atoms with E-state index in [0.29, 0.717) is 19.0 Å². The van der Waals surface area contributed by atoms with Gasteiger partial charge in [-0.05, 0) is 25.3 Å². The second-order valence-electron chi connectivity index (χ2n) is 5.85. The molecule has 0 radical (unpaired) electrons. The monoisotopic (exact) mass is 265 g/mol. The summed E-state index contributed by atoms with van der Waals surface area (Å²) in [6, 6.07) is 5.87. The lowest BCUT2D eigenvalue weighted by Crippen LogP contribution is -2.38. The molecule has 1 aromatic carbocycles. The van der Waals surface area contributed by atoms with Crippen molar-refractivity contribution in [3.63, 3.8) is 0 Å². The van der Waals surface area contributed by atoms with Gasteiger partial charge in [0.15, 0.2) is 11.5 Å². The van der Waals surface area contributed by atoms with E-state index in [1.54, 1.807) is 0 Å². The first kappa shape index (κ1) is 14.2. The normalized spacial score (nSPS) is 16.7. The van der Waals surface area contributed by atoms with E-state index in [1.807, 2.05) is 25.1 Å². The minimum Gasteiger partial charge on any atom is -0.454 e. The number of para-hydroxylation sites is 1. The lowest BCUT2D eigenvalue weighted by atomic mass is 9.94. The number of benzene rings is 1. The minimum absolute atomic E-state index is 0.289. The molecular formula is C15H23NO3. The third-order valence-electron chi connectivity index (χ3n) is 3.15. The topological polar surface area (TPSA) is 50.7 Å². The Balaban J connectivity index is 1.88. The average molecular weight is 265 g/mol. The summed E-state index contributed by atoms with van der Waals surface area (Å²) in [5, 5.41) is 13.5. The molecular weight excluding hydrogens is 242 g/mol. The molecule has 0 aromatic heterocycles. The summed E-state index contributed by atoms with van der Waals surface area (Å²) in [7, 11) is 0. The van der Waals surface area contributed by atoms with Crippen LogP contribution in [0, 0.1) is 5.92 Å². The molecule has 0 saturated carbocycles. The number of nitrogens with one attached hydrogen (secondary N) is 1. The lowest BCUT2D eigenvalue weighted by molar-refractivity contribution is 0.0382. The first-order chi connectivity index (χ1) is 8.98. The van der Waals surface area contributed by atoms with E-state index in [0.717, 1.165) is 23.5 Å². The molecule has 106 valence electrons. The third kappa shape index (κ3) is 3.85. The van der Waals surface area contributed by atoms with Gasteiger partial charge in [0.1, 0.15) is 0 Å². The second kappa shape index (κ2) is 5.80. The summed E-state index contributed by atoms with van der Waals surface area (Å²) < 4.78 is 10.8. The van der Waals surface area contributed by atoms with Crippen molar-refractivity contribution in [3.05, 3.63) is 23.8 Å². The number of fused-ring (bicyclic) bond motifs is 1. The predicted molar refractivity (Wildman–Crippen MR) is 74.4 cm³/mol. The van der Waals surface area contributed by atoms with Crippen LogP contribution in [-0.2, 0) is 6.54 Å². The number of hydrogen-bond donors (Lipinski definition) is 2. The quantitative estimate of drug-likeness (QED) is 0.828. The van der Waals surface area contributed by atoms with Gasteiger partial charge in [-0.2, -0.15) is 0 Å². The van der Waals surface area contributed by atoms with Gasteiger partial charge < -0.3 is 19.9 Å². The van der Waals surface area contributed by atoms with Crippen LogP contribution in [0.5, 0.6) is 11.5 Å². The van der Waals surface area contributed by atoms with E-state index < -0.39 is 5.60 Å². The Bertz CT molecular complexity index is 429. The standard InChI is InChI=1S/C15H23NO3/c1-11(2)7-15(3,17)9-16-8-12-5-4-6-13-14(12)19-10-18-13/h4-6,11,16-17H,7-10H2,1-3H3. The van der Waals surface area contributed by atoms with Gasteiger partial charge in [-0.15, -0.1) is 0 Å². The van der Waals surface area contributed by atoms with Crippen LogP contribution < -0.4 is 14.8 Å². The highest BCUT2D eigenvalue weighted by molar-refractivity contribution is 5.48. The number of hydrogen-bond acceptors (Lipinski definition) is 4. The molecule has 1 unspecified atom stereocenters. The van der Waals surface area contributed by atoms with Gasteiger partial charge in [0.25, 0.3) is 0 Å². The second-order valence-corrected chi connectivity index (χ2v) is 5.85. The summed E-state index contributed by atoms with van der Waals surface area (Å²) in [5.74, 6) is 2.10. The largest absolute Gasteiger partial charge is 0.454 e. The molecule has 0 aliphatic carbocycles. The maximum Gasteiger partial charge on any atom is 0.231 e. The van der Waals surface area contributed by atoms with Gasteiger partial charge in [-0.25, -0.2) is 0 Å². The molecule has 19 heavy (non-hydrogen) atoms. The first-order valence-electron chi connectivity index (χ1n) is 6.78. The highest BCUT2D eigenvalue weighted by Gasteiger charge is 2.22. The van der Waals surface area contributed by atoms with Crippen molar-refractivity contribution in [1.29, 1.82) is 0 Å². The highest BCUT2D eigenvalue weighted by Crippen LogP contribution is 2.35. The molecule has 1 heterocycles. The van der Waals surface area contributed by atoms with Crippen LogP contribution in [0.25, 0.3) is 0 Å². The van der Waals surface area contributed by atoms with Crippen molar-refractivity contribution in [1.82, 2.24) is 5.32 Å². The molecule has 2 rings (SSSR count). The number of rotatable bonds is 6. The molecule has 2 N–H and O–H groups in total. The fourth-order valence-corrected chi connectivity index (χ4v) is 2.55. The van der Waals surface area contributed by atoms with Gasteiger partial charge in [0.05, 0.1) is 5.60 Å². The molecule has 0 saturated heterocycles. The molecule has 0 fully saturated rings. The van der Waals surface area contributed by atoms with Crippen molar-refractivity contribution in [2.45, 2.75) is 39.3 Å². The fraction of sp³-hybridized carbons (Fsp3) is 0.600. The lowest BCUT2D eigenvalue weighted by Gasteiger charge is -2.25. The van der Waals surface area contributed by atoms with E-state index in [-0.39, 0.29) is 6.79 Å². The maximum absolute atomic E-state index is 10.2. The van der Waals surface area contributed by atoms with Crippen LogP contribution in [-0.4, -0.2) is 24.0 Å². The number of ether oxygens (including phenoxy) is 2. The zero-order valence-corrected chi connectivity index (χ0v) is 11.9. The Morgan fingerprint density at radius 1 is 1.37 bits per heavy atom. The molecule has 1 atom stereocenters. The van der Waals surface area contributed by atoms with Crippen molar-refractivity contribution in [2.75, 3.05) is 13.3 Å². The zero-order valence-electron chi connectivity index (χ0n) is 11.9. The van der Waals surface area contributed by atoms with Crippen LogP contribution in [0.4, 0.5) is 0 Å². The Morgan fingerprint density at radius 3 is 2.89 bits per heavy atom. The van der Waals surface area contributed by atoms with Crippen molar-refractivity contribution in [3.8, 4) is 11.5 Å². The van der Waals surface area contributed by atoms with E-state index in [4.69, 9.17) is 9.47 Å². The molecule has 4 heteroatoms. The van der Waals surface area contributed by atoms with Crippen LogP contribution in [0.3, 0.4) is 0 Å². The van der Waals surface area contributed by atoms with Crippen molar-refractivity contribution < 1.29 is 14.6 Å². The Morgan fingerprint density at radius 2 is 2.16 bits per heavy atom. The molecule has 1 aliphatic heterocycles. The molecule has 0 spiro atoms. The Kier molecular flexibility index (Phi) is 4.32. The summed E-state index contributed by atoms with van der Waals surface area (Å²) in [4.78, 5) is 0. The highest BCUT2D eigenvalue weighted by atomic mass is 16.7. The molecule has 0 amide bonds. The summed E-state index contributed by atoms with van der Waals surface area (Å²) in [6.45, 7) is 7.62. The summed E-state index contributed by atoms with van der Waals surface area (Å²) in [5.41, 5.74) is 0.388. The predicted octanol–water partition coefficient (Wildman–Crippen LogP) is 2.30. The summed E-state index contributed by atoms with van der Waals surface area (Å²) in [6.07, 6.45) is 0.784. The van der Waals surface area contributed by atoms with Crippen molar-refractivity contribution >= 4 is 0 Å². The smallest absolute Gasteiger partial charge is 0.231 e. The van der Waals surface area contributed by atoms with Gasteiger partial charge >= 0.3 is 0 Å². The van der Waals surface area contributed by atoms with Crippen LogP contribution >= 0.6 is 0 Å². The van der Waals surface area contributed by atoms with Gasteiger partial charge in [-0.3, -0.25) is 0 Å². The average Bonchev–Trinajstić information content (AvgIpc) is 2.75. The Hall–Kier alpha value is -1.26. The summed E-state index contributed by atoms with van der Waals surface area (Å²) >= 11 is 0. The first-order valence-corrected chi connectivity index (χ1v) is 6.78. The Labute approximate surface area is 114 Å².